The standard InChI is InChI=1S/C13H22N2O2/c1-3-10-9-15(7-8-17-2)13(16)12-6-4-5-11(10)14-12/h3,10-12,14H,1,4-9H2,2H3. The number of nitrogens with zero attached hydrogens (tertiary/aromatic N) is 1. The van der Waals surface area contributed by atoms with E-state index in [0.29, 0.717) is 25.1 Å². The van der Waals surface area contributed by atoms with Gasteiger partial charge in [-0.1, -0.05) is 6.08 Å². The molecule has 2 heterocycles. The Balaban J connectivity index is 2.10. The summed E-state index contributed by atoms with van der Waals surface area (Å²) in [4.78, 5) is 14.2. The van der Waals surface area contributed by atoms with E-state index in [1.54, 1.807) is 7.11 Å². The molecule has 17 heavy (non-hydrogen) atoms. The van der Waals surface area contributed by atoms with E-state index in [-0.39, 0.29) is 11.9 Å². The summed E-state index contributed by atoms with van der Waals surface area (Å²) in [6.07, 6.45) is 5.23. The van der Waals surface area contributed by atoms with E-state index >= 15 is 0 Å². The highest BCUT2D eigenvalue weighted by Crippen LogP contribution is 2.25. The van der Waals surface area contributed by atoms with Gasteiger partial charge >= 0.3 is 0 Å². The summed E-state index contributed by atoms with van der Waals surface area (Å²) in [5, 5.41) is 3.47. The zero-order chi connectivity index (χ0) is 12.3. The minimum absolute atomic E-state index is 0.00977. The summed E-state index contributed by atoms with van der Waals surface area (Å²) in [6, 6.07) is 0.429. The fraction of sp³-hybridized carbons (Fsp3) is 0.769. The first kappa shape index (κ1) is 12.6. The molecule has 3 atom stereocenters. The Morgan fingerprint density at radius 2 is 2.41 bits per heavy atom. The number of carbonyl (C=O) groups excluding carboxylic acids is 1. The van der Waals surface area contributed by atoms with Gasteiger partial charge in [0.1, 0.15) is 0 Å². The predicted octanol–water partition coefficient (Wildman–Crippen LogP) is 0.788. The minimum atomic E-state index is 0.00977. The minimum Gasteiger partial charge on any atom is -0.383 e. The molecule has 0 saturated carbocycles. The third kappa shape index (κ3) is 2.69. The van der Waals surface area contributed by atoms with E-state index in [2.05, 4.69) is 11.9 Å². The molecule has 0 radical (unpaired) electrons. The fourth-order valence-corrected chi connectivity index (χ4v) is 2.83. The molecule has 2 fully saturated rings. The van der Waals surface area contributed by atoms with Crippen LogP contribution in [-0.4, -0.2) is 49.7 Å². The second-order valence-electron chi connectivity index (χ2n) is 4.93. The van der Waals surface area contributed by atoms with Gasteiger partial charge in [-0.3, -0.25) is 4.79 Å². The summed E-state index contributed by atoms with van der Waals surface area (Å²) in [6.45, 7) is 5.97. The van der Waals surface area contributed by atoms with Crippen molar-refractivity contribution >= 4 is 5.91 Å². The van der Waals surface area contributed by atoms with Crippen molar-refractivity contribution in [3.8, 4) is 0 Å². The van der Waals surface area contributed by atoms with E-state index in [1.165, 1.54) is 0 Å². The number of hydrogen-bond acceptors (Lipinski definition) is 3. The number of methoxy groups -OCH3 is 1. The van der Waals surface area contributed by atoms with Crippen LogP contribution in [0.2, 0.25) is 0 Å². The maximum atomic E-state index is 12.3. The Morgan fingerprint density at radius 1 is 1.59 bits per heavy atom. The number of piperidine rings is 1. The van der Waals surface area contributed by atoms with Crippen molar-refractivity contribution in [2.75, 3.05) is 26.8 Å². The lowest BCUT2D eigenvalue weighted by molar-refractivity contribution is -0.133. The van der Waals surface area contributed by atoms with Crippen LogP contribution in [-0.2, 0) is 9.53 Å². The van der Waals surface area contributed by atoms with Crippen LogP contribution in [0.5, 0.6) is 0 Å². The zero-order valence-electron chi connectivity index (χ0n) is 10.5. The topological polar surface area (TPSA) is 41.6 Å². The second kappa shape index (κ2) is 5.65. The van der Waals surface area contributed by atoms with E-state index < -0.39 is 0 Å². The molecule has 2 saturated heterocycles. The number of amides is 1. The predicted molar refractivity (Wildman–Crippen MR) is 66.7 cm³/mol. The van der Waals surface area contributed by atoms with Gasteiger partial charge in [0.25, 0.3) is 0 Å². The van der Waals surface area contributed by atoms with Crippen LogP contribution >= 0.6 is 0 Å². The van der Waals surface area contributed by atoms with Crippen LogP contribution in [0.25, 0.3) is 0 Å². The van der Waals surface area contributed by atoms with Crippen molar-refractivity contribution in [3.05, 3.63) is 12.7 Å². The molecular weight excluding hydrogens is 216 g/mol. The Morgan fingerprint density at radius 3 is 3.12 bits per heavy atom. The highest BCUT2D eigenvalue weighted by Gasteiger charge is 2.37. The molecule has 2 aliphatic heterocycles. The Hall–Kier alpha value is -0.870. The molecule has 1 amide bonds. The molecule has 0 aromatic heterocycles. The van der Waals surface area contributed by atoms with Gasteiger partial charge in [0.2, 0.25) is 5.91 Å². The Kier molecular flexibility index (Phi) is 4.18. The average molecular weight is 238 g/mol. The monoisotopic (exact) mass is 238 g/mol. The summed E-state index contributed by atoms with van der Waals surface area (Å²) < 4.78 is 5.07. The third-order valence-corrected chi connectivity index (χ3v) is 3.85. The average Bonchev–Trinajstić information content (AvgIpc) is 2.46. The lowest BCUT2D eigenvalue weighted by atomic mass is 9.91. The molecule has 0 spiro atoms. The highest BCUT2D eigenvalue weighted by molar-refractivity contribution is 5.82. The Bertz CT molecular complexity index is 293. The van der Waals surface area contributed by atoms with Crippen LogP contribution in [0.1, 0.15) is 19.3 Å². The largest absolute Gasteiger partial charge is 0.383 e. The number of rotatable bonds is 4. The molecule has 2 bridgehead atoms. The van der Waals surface area contributed by atoms with Crippen molar-refractivity contribution in [3.63, 3.8) is 0 Å². The van der Waals surface area contributed by atoms with Gasteiger partial charge in [0.05, 0.1) is 12.6 Å². The first-order chi connectivity index (χ1) is 8.26. The van der Waals surface area contributed by atoms with Gasteiger partial charge in [-0.25, -0.2) is 0 Å². The number of ether oxygens (including phenoxy) is 1. The SMILES string of the molecule is C=CC1CN(CCOC)C(=O)C2CCCC1N2. The fourth-order valence-electron chi connectivity index (χ4n) is 2.83. The smallest absolute Gasteiger partial charge is 0.239 e. The normalized spacial score (nSPS) is 33.4. The first-order valence-electron chi connectivity index (χ1n) is 6.42. The number of fused-ring (bicyclic) bond motifs is 2. The van der Waals surface area contributed by atoms with E-state index in [1.807, 2.05) is 11.0 Å². The summed E-state index contributed by atoms with van der Waals surface area (Å²) >= 11 is 0. The molecule has 0 aromatic carbocycles. The molecular formula is C13H22N2O2. The van der Waals surface area contributed by atoms with Gasteiger partial charge in [0.15, 0.2) is 0 Å². The highest BCUT2D eigenvalue weighted by atomic mass is 16.5. The molecule has 4 nitrogen and oxygen atoms in total. The van der Waals surface area contributed by atoms with Crippen molar-refractivity contribution < 1.29 is 9.53 Å². The van der Waals surface area contributed by atoms with Crippen LogP contribution in [0.15, 0.2) is 12.7 Å². The van der Waals surface area contributed by atoms with Gasteiger partial charge in [-0.05, 0) is 19.3 Å². The maximum Gasteiger partial charge on any atom is 0.239 e. The third-order valence-electron chi connectivity index (χ3n) is 3.85. The van der Waals surface area contributed by atoms with Gasteiger partial charge < -0.3 is 15.0 Å². The summed E-state index contributed by atoms with van der Waals surface area (Å²) in [7, 11) is 1.67. The second-order valence-corrected chi connectivity index (χ2v) is 4.93. The van der Waals surface area contributed by atoms with E-state index in [4.69, 9.17) is 4.74 Å². The summed E-state index contributed by atoms with van der Waals surface area (Å²) in [5.41, 5.74) is 0. The molecule has 96 valence electrons. The lowest BCUT2D eigenvalue weighted by Gasteiger charge is -2.29. The maximum absolute atomic E-state index is 12.3. The van der Waals surface area contributed by atoms with Gasteiger partial charge in [-0.15, -0.1) is 6.58 Å². The lowest BCUT2D eigenvalue weighted by Crippen LogP contribution is -2.49. The molecule has 0 aromatic rings. The first-order valence-corrected chi connectivity index (χ1v) is 6.42. The number of carbonyl (C=O) groups is 1. The van der Waals surface area contributed by atoms with Gasteiger partial charge in [-0.2, -0.15) is 0 Å². The number of hydrogen-bond donors (Lipinski definition) is 1. The quantitative estimate of drug-likeness (QED) is 0.736. The van der Waals surface area contributed by atoms with Crippen molar-refractivity contribution in [1.82, 2.24) is 10.2 Å². The molecule has 2 aliphatic rings. The van der Waals surface area contributed by atoms with Crippen molar-refractivity contribution in [1.29, 1.82) is 0 Å². The van der Waals surface area contributed by atoms with Crippen LogP contribution in [0.4, 0.5) is 0 Å². The Labute approximate surface area is 103 Å². The van der Waals surface area contributed by atoms with E-state index in [9.17, 15) is 4.79 Å². The van der Waals surface area contributed by atoms with Crippen LogP contribution in [0, 0.1) is 5.92 Å². The molecule has 3 unspecified atom stereocenters. The number of nitrogens with one attached hydrogen (secondary N) is 1. The van der Waals surface area contributed by atoms with Crippen LogP contribution in [0.3, 0.4) is 0 Å². The van der Waals surface area contributed by atoms with Crippen LogP contribution < -0.4 is 5.32 Å². The van der Waals surface area contributed by atoms with Crippen molar-refractivity contribution in [2.24, 2.45) is 5.92 Å². The summed E-state index contributed by atoms with van der Waals surface area (Å²) in [5.74, 6) is 0.595. The molecule has 0 aliphatic carbocycles. The van der Waals surface area contributed by atoms with Crippen molar-refractivity contribution in [2.45, 2.75) is 31.3 Å². The van der Waals surface area contributed by atoms with Gasteiger partial charge in [0, 0.05) is 32.2 Å². The molecule has 2 rings (SSSR count). The van der Waals surface area contributed by atoms with E-state index in [0.717, 1.165) is 25.8 Å². The zero-order valence-corrected chi connectivity index (χ0v) is 10.5. The molecule has 4 heteroatoms. The molecule has 1 N–H and O–H groups in total.